The molecule has 3 nitrogen and oxygen atoms in total. The maximum Gasteiger partial charge on any atom is 0.213 e. The highest BCUT2D eigenvalue weighted by Gasteiger charge is 2.14. The highest BCUT2D eigenvalue weighted by molar-refractivity contribution is 5.09. The summed E-state index contributed by atoms with van der Waals surface area (Å²) in [7, 11) is 0. The van der Waals surface area contributed by atoms with Crippen LogP contribution < -0.4 is 10.1 Å². The second-order valence-corrected chi connectivity index (χ2v) is 3.25. The number of pyridine rings is 1. The van der Waals surface area contributed by atoms with Crippen LogP contribution in [0, 0.1) is 0 Å². The summed E-state index contributed by atoms with van der Waals surface area (Å²) in [5.41, 5.74) is 0. The fraction of sp³-hybridized carbons (Fsp3) is 0.500. The van der Waals surface area contributed by atoms with Crippen LogP contribution in [0.2, 0.25) is 0 Å². The molecule has 1 N–H and O–H groups in total. The molecule has 1 aromatic heterocycles. The van der Waals surface area contributed by atoms with Gasteiger partial charge in [0.15, 0.2) is 0 Å². The van der Waals surface area contributed by atoms with Crippen molar-refractivity contribution in [2.24, 2.45) is 0 Å². The molecule has 1 aliphatic heterocycles. The van der Waals surface area contributed by atoms with E-state index in [4.69, 9.17) is 4.74 Å². The Bertz CT molecular complexity index is 244. The van der Waals surface area contributed by atoms with Crippen molar-refractivity contribution in [2.75, 3.05) is 13.1 Å². The van der Waals surface area contributed by atoms with Gasteiger partial charge < -0.3 is 10.1 Å². The minimum Gasteiger partial charge on any atom is -0.473 e. The van der Waals surface area contributed by atoms with Crippen molar-refractivity contribution in [2.45, 2.75) is 18.9 Å². The maximum absolute atomic E-state index is 5.68. The van der Waals surface area contributed by atoms with E-state index in [1.165, 1.54) is 6.42 Å². The summed E-state index contributed by atoms with van der Waals surface area (Å²) in [5.74, 6) is 0.733. The average molecular weight is 178 g/mol. The summed E-state index contributed by atoms with van der Waals surface area (Å²) in [6.07, 6.45) is 4.37. The molecule has 3 heteroatoms. The fourth-order valence-corrected chi connectivity index (χ4v) is 1.51. The Morgan fingerprint density at radius 3 is 3.15 bits per heavy atom. The SMILES string of the molecule is c1ccc(O[C@@H]2CCCNC2)nc1. The van der Waals surface area contributed by atoms with Crippen molar-refractivity contribution >= 4 is 0 Å². The molecular weight excluding hydrogens is 164 g/mol. The number of nitrogens with zero attached hydrogens (tertiary/aromatic N) is 1. The van der Waals surface area contributed by atoms with Gasteiger partial charge in [0.2, 0.25) is 5.88 Å². The zero-order valence-electron chi connectivity index (χ0n) is 7.57. The van der Waals surface area contributed by atoms with E-state index in [0.29, 0.717) is 6.10 Å². The Morgan fingerprint density at radius 1 is 1.46 bits per heavy atom. The Hall–Kier alpha value is -1.09. The third kappa shape index (κ3) is 2.42. The normalized spacial score (nSPS) is 22.6. The minimum absolute atomic E-state index is 0.295. The van der Waals surface area contributed by atoms with Gasteiger partial charge in [0.1, 0.15) is 6.10 Å². The molecule has 0 radical (unpaired) electrons. The number of hydrogen-bond donors (Lipinski definition) is 1. The second kappa shape index (κ2) is 4.23. The van der Waals surface area contributed by atoms with Gasteiger partial charge in [0.25, 0.3) is 0 Å². The first kappa shape index (κ1) is 8.51. The number of hydrogen-bond acceptors (Lipinski definition) is 3. The van der Waals surface area contributed by atoms with E-state index in [2.05, 4.69) is 10.3 Å². The van der Waals surface area contributed by atoms with Crippen molar-refractivity contribution in [3.05, 3.63) is 24.4 Å². The summed E-state index contributed by atoms with van der Waals surface area (Å²) in [6.45, 7) is 2.05. The van der Waals surface area contributed by atoms with E-state index in [9.17, 15) is 0 Å². The van der Waals surface area contributed by atoms with Gasteiger partial charge in [-0.25, -0.2) is 4.98 Å². The zero-order chi connectivity index (χ0) is 8.93. The number of piperidine rings is 1. The van der Waals surface area contributed by atoms with E-state index in [1.807, 2.05) is 18.2 Å². The first-order chi connectivity index (χ1) is 6.45. The van der Waals surface area contributed by atoms with Crippen molar-refractivity contribution in [3.8, 4) is 5.88 Å². The van der Waals surface area contributed by atoms with Gasteiger partial charge in [-0.3, -0.25) is 0 Å². The van der Waals surface area contributed by atoms with Crippen molar-refractivity contribution < 1.29 is 4.74 Å². The predicted molar refractivity (Wildman–Crippen MR) is 50.8 cm³/mol. The highest BCUT2D eigenvalue weighted by atomic mass is 16.5. The van der Waals surface area contributed by atoms with Crippen LogP contribution in [0.25, 0.3) is 0 Å². The summed E-state index contributed by atoms with van der Waals surface area (Å²) in [4.78, 5) is 4.12. The standard InChI is InChI=1S/C10H14N2O/c1-2-7-12-10(5-1)13-9-4-3-6-11-8-9/h1-2,5,7,9,11H,3-4,6,8H2/t9-/m1/s1. The molecule has 2 heterocycles. The largest absolute Gasteiger partial charge is 0.473 e. The van der Waals surface area contributed by atoms with Gasteiger partial charge in [0.05, 0.1) is 0 Å². The molecule has 1 fully saturated rings. The number of nitrogens with one attached hydrogen (secondary N) is 1. The molecule has 13 heavy (non-hydrogen) atoms. The third-order valence-corrected chi connectivity index (χ3v) is 2.18. The topological polar surface area (TPSA) is 34.1 Å². The lowest BCUT2D eigenvalue weighted by Crippen LogP contribution is -2.37. The molecule has 0 spiro atoms. The molecule has 0 saturated carbocycles. The molecule has 1 aromatic rings. The minimum atomic E-state index is 0.295. The summed E-state index contributed by atoms with van der Waals surface area (Å²) >= 11 is 0. The van der Waals surface area contributed by atoms with Crippen LogP contribution in [0.1, 0.15) is 12.8 Å². The van der Waals surface area contributed by atoms with Crippen LogP contribution in [-0.4, -0.2) is 24.2 Å². The number of rotatable bonds is 2. The smallest absolute Gasteiger partial charge is 0.213 e. The monoisotopic (exact) mass is 178 g/mol. The first-order valence-electron chi connectivity index (χ1n) is 4.73. The zero-order valence-corrected chi connectivity index (χ0v) is 7.57. The van der Waals surface area contributed by atoms with Crippen molar-refractivity contribution in [1.29, 1.82) is 0 Å². The van der Waals surface area contributed by atoms with Crippen molar-refractivity contribution in [1.82, 2.24) is 10.3 Å². The van der Waals surface area contributed by atoms with E-state index in [0.717, 1.165) is 25.4 Å². The molecule has 2 rings (SSSR count). The van der Waals surface area contributed by atoms with Gasteiger partial charge in [-0.15, -0.1) is 0 Å². The third-order valence-electron chi connectivity index (χ3n) is 2.18. The summed E-state index contributed by atoms with van der Waals surface area (Å²) < 4.78 is 5.68. The first-order valence-corrected chi connectivity index (χ1v) is 4.73. The molecule has 1 atom stereocenters. The fourth-order valence-electron chi connectivity index (χ4n) is 1.51. The molecule has 70 valence electrons. The van der Waals surface area contributed by atoms with Gasteiger partial charge in [-0.1, -0.05) is 6.07 Å². The Morgan fingerprint density at radius 2 is 2.46 bits per heavy atom. The highest BCUT2D eigenvalue weighted by Crippen LogP contribution is 2.11. The molecule has 1 aliphatic rings. The molecule has 1 saturated heterocycles. The van der Waals surface area contributed by atoms with E-state index in [-0.39, 0.29) is 0 Å². The van der Waals surface area contributed by atoms with E-state index < -0.39 is 0 Å². The summed E-state index contributed by atoms with van der Waals surface area (Å²) in [5, 5.41) is 3.30. The lowest BCUT2D eigenvalue weighted by atomic mass is 10.1. The van der Waals surface area contributed by atoms with E-state index >= 15 is 0 Å². The molecule has 0 bridgehead atoms. The molecule has 0 unspecified atom stereocenters. The molecule has 0 amide bonds. The van der Waals surface area contributed by atoms with Gasteiger partial charge >= 0.3 is 0 Å². The Kier molecular flexibility index (Phi) is 2.77. The second-order valence-electron chi connectivity index (χ2n) is 3.25. The quantitative estimate of drug-likeness (QED) is 0.739. The summed E-state index contributed by atoms with van der Waals surface area (Å²) in [6, 6.07) is 5.74. The van der Waals surface area contributed by atoms with Gasteiger partial charge in [-0.05, 0) is 25.5 Å². The van der Waals surface area contributed by atoms with E-state index in [1.54, 1.807) is 6.20 Å². The lowest BCUT2D eigenvalue weighted by Gasteiger charge is -2.23. The van der Waals surface area contributed by atoms with Crippen molar-refractivity contribution in [3.63, 3.8) is 0 Å². The van der Waals surface area contributed by atoms with Crippen LogP contribution >= 0.6 is 0 Å². The van der Waals surface area contributed by atoms with Gasteiger partial charge in [-0.2, -0.15) is 0 Å². The number of aromatic nitrogens is 1. The Labute approximate surface area is 78.1 Å². The van der Waals surface area contributed by atoms with Crippen LogP contribution in [0.4, 0.5) is 0 Å². The lowest BCUT2D eigenvalue weighted by molar-refractivity contribution is 0.160. The predicted octanol–water partition coefficient (Wildman–Crippen LogP) is 1.21. The van der Waals surface area contributed by atoms with Gasteiger partial charge in [0, 0.05) is 18.8 Å². The van der Waals surface area contributed by atoms with Crippen LogP contribution in [0.3, 0.4) is 0 Å². The average Bonchev–Trinajstić information content (AvgIpc) is 2.21. The van der Waals surface area contributed by atoms with Crippen LogP contribution in [-0.2, 0) is 0 Å². The number of ether oxygens (including phenoxy) is 1. The molecule has 0 aromatic carbocycles. The molecule has 0 aliphatic carbocycles. The van der Waals surface area contributed by atoms with Crippen LogP contribution in [0.5, 0.6) is 5.88 Å². The molecular formula is C10H14N2O. The van der Waals surface area contributed by atoms with Crippen LogP contribution in [0.15, 0.2) is 24.4 Å². The maximum atomic E-state index is 5.68. The Balaban J connectivity index is 1.90.